The number of aliphatic imine (C=N–C) groups is 1. The van der Waals surface area contributed by atoms with Crippen molar-refractivity contribution in [1.29, 1.82) is 0 Å². The predicted molar refractivity (Wildman–Crippen MR) is 107 cm³/mol. The van der Waals surface area contributed by atoms with Crippen LogP contribution in [-0.4, -0.2) is 34.1 Å². The van der Waals surface area contributed by atoms with E-state index in [1.165, 1.54) is 37.3 Å². The first-order chi connectivity index (χ1) is 13.6. The number of aryl methyl sites for hydroxylation is 1. The highest BCUT2D eigenvalue weighted by atomic mass is 32.2. The van der Waals surface area contributed by atoms with Crippen LogP contribution in [0.5, 0.6) is 0 Å². The summed E-state index contributed by atoms with van der Waals surface area (Å²) >= 11 is 0. The van der Waals surface area contributed by atoms with E-state index in [1.807, 2.05) is 0 Å². The zero-order chi connectivity index (χ0) is 21.2. The summed E-state index contributed by atoms with van der Waals surface area (Å²) in [6.45, 7) is 2.05. The van der Waals surface area contributed by atoms with Crippen LogP contribution < -0.4 is 9.44 Å². The lowest BCUT2D eigenvalue weighted by atomic mass is 10.2. The molecule has 2 aromatic carbocycles. The zero-order valence-electron chi connectivity index (χ0n) is 15.3. The van der Waals surface area contributed by atoms with Crippen LogP contribution in [0, 0.1) is 17.0 Å². The molecule has 0 aromatic heterocycles. The molecule has 10 nitrogen and oxygen atoms in total. The first-order valence-corrected chi connectivity index (χ1v) is 11.5. The Labute approximate surface area is 167 Å². The number of nitrogens with one attached hydrogen (secondary N) is 2. The Kier molecular flexibility index (Phi) is 5.57. The van der Waals surface area contributed by atoms with Crippen molar-refractivity contribution in [2.24, 2.45) is 4.99 Å². The second-order valence-electron chi connectivity index (χ2n) is 6.38. The minimum absolute atomic E-state index is 0.00413. The molecule has 0 radical (unpaired) electrons. The molecule has 154 valence electrons. The monoisotopic (exact) mass is 438 g/mol. The lowest BCUT2D eigenvalue weighted by Crippen LogP contribution is -2.29. The van der Waals surface area contributed by atoms with Crippen LogP contribution in [0.4, 0.5) is 11.4 Å². The van der Waals surface area contributed by atoms with Gasteiger partial charge in [-0.1, -0.05) is 12.1 Å². The topological polar surface area (TPSA) is 148 Å². The van der Waals surface area contributed by atoms with Crippen LogP contribution in [0.1, 0.15) is 18.4 Å². The minimum atomic E-state index is -4.16. The SMILES string of the molecule is Cc1ccc(S(=O)(=O)Nc2cccc(S(=O)(=O)NC3=NCCC3)c2)cc1[N+](=O)[O-]. The third-order valence-corrected chi connectivity index (χ3v) is 6.97. The van der Waals surface area contributed by atoms with Crippen molar-refractivity contribution in [2.45, 2.75) is 29.6 Å². The van der Waals surface area contributed by atoms with Crippen LogP contribution in [0.3, 0.4) is 0 Å². The van der Waals surface area contributed by atoms with E-state index in [0.717, 1.165) is 18.6 Å². The molecule has 0 atom stereocenters. The van der Waals surface area contributed by atoms with Gasteiger partial charge in [-0.15, -0.1) is 0 Å². The second-order valence-corrected chi connectivity index (χ2v) is 9.74. The molecule has 0 aliphatic carbocycles. The molecule has 0 spiro atoms. The van der Waals surface area contributed by atoms with Gasteiger partial charge in [0.1, 0.15) is 5.84 Å². The van der Waals surface area contributed by atoms with Crippen molar-refractivity contribution in [3.63, 3.8) is 0 Å². The Bertz CT molecular complexity index is 1210. The molecule has 0 bridgehead atoms. The average Bonchev–Trinajstić information content (AvgIpc) is 3.14. The van der Waals surface area contributed by atoms with E-state index < -0.39 is 25.0 Å². The van der Waals surface area contributed by atoms with E-state index in [-0.39, 0.29) is 21.2 Å². The van der Waals surface area contributed by atoms with E-state index in [1.54, 1.807) is 0 Å². The van der Waals surface area contributed by atoms with Crippen LogP contribution in [-0.2, 0) is 20.0 Å². The first-order valence-electron chi connectivity index (χ1n) is 8.52. The van der Waals surface area contributed by atoms with Crippen LogP contribution in [0.2, 0.25) is 0 Å². The number of hydrogen-bond donors (Lipinski definition) is 2. The van der Waals surface area contributed by atoms with Gasteiger partial charge in [0.25, 0.3) is 25.7 Å². The molecule has 0 unspecified atom stereocenters. The molecule has 29 heavy (non-hydrogen) atoms. The summed E-state index contributed by atoms with van der Waals surface area (Å²) in [4.78, 5) is 14.0. The number of benzene rings is 2. The lowest BCUT2D eigenvalue weighted by molar-refractivity contribution is -0.385. The third-order valence-electron chi connectivity index (χ3n) is 4.21. The fourth-order valence-electron chi connectivity index (χ4n) is 2.73. The van der Waals surface area contributed by atoms with Gasteiger partial charge in [0.2, 0.25) is 0 Å². The summed E-state index contributed by atoms with van der Waals surface area (Å²) in [6, 6.07) is 8.79. The Morgan fingerprint density at radius 2 is 1.69 bits per heavy atom. The molecule has 3 rings (SSSR count). The van der Waals surface area contributed by atoms with Gasteiger partial charge in [0, 0.05) is 24.6 Å². The lowest BCUT2D eigenvalue weighted by Gasteiger charge is -2.11. The van der Waals surface area contributed by atoms with Gasteiger partial charge in [-0.25, -0.2) is 16.8 Å². The van der Waals surface area contributed by atoms with E-state index in [9.17, 15) is 26.9 Å². The molecular weight excluding hydrogens is 420 g/mol. The maximum atomic E-state index is 12.6. The van der Waals surface area contributed by atoms with Gasteiger partial charge >= 0.3 is 0 Å². The van der Waals surface area contributed by atoms with Crippen molar-refractivity contribution >= 4 is 37.3 Å². The largest absolute Gasteiger partial charge is 0.280 e. The number of nitrogens with zero attached hydrogens (tertiary/aromatic N) is 2. The van der Waals surface area contributed by atoms with Gasteiger partial charge in [-0.3, -0.25) is 24.6 Å². The van der Waals surface area contributed by atoms with Crippen molar-refractivity contribution < 1.29 is 21.8 Å². The third kappa shape index (κ3) is 4.71. The molecular formula is C17H18N4O6S2. The summed E-state index contributed by atoms with van der Waals surface area (Å²) in [5.41, 5.74) is -0.00172. The fraction of sp³-hybridized carbons (Fsp3) is 0.235. The number of nitro benzene ring substituents is 1. The number of sulfonamides is 2. The molecule has 1 aliphatic rings. The summed E-state index contributed by atoms with van der Waals surface area (Å²) in [5.74, 6) is 0.364. The molecule has 0 amide bonds. The van der Waals surface area contributed by atoms with Crippen molar-refractivity contribution in [3.05, 3.63) is 58.1 Å². The summed E-state index contributed by atoms with van der Waals surface area (Å²) in [7, 11) is -8.08. The number of nitro groups is 1. The standard InChI is InChI=1S/C17H18N4O6S2/c1-12-7-8-15(11-16(12)21(22)23)28(24,25)19-13-4-2-5-14(10-13)29(26,27)20-17-6-3-9-18-17/h2,4-5,7-8,10-11,19H,3,6,9H2,1H3,(H,18,20). The highest BCUT2D eigenvalue weighted by Crippen LogP contribution is 2.25. The Morgan fingerprint density at radius 1 is 1.00 bits per heavy atom. The van der Waals surface area contributed by atoms with Gasteiger partial charge in [0.05, 0.1) is 20.4 Å². The number of anilines is 1. The van der Waals surface area contributed by atoms with Gasteiger partial charge in [-0.05, 0) is 37.6 Å². The van der Waals surface area contributed by atoms with E-state index in [0.29, 0.717) is 24.4 Å². The number of amidine groups is 1. The summed E-state index contributed by atoms with van der Waals surface area (Å²) < 4.78 is 54.8. The molecule has 0 saturated carbocycles. The highest BCUT2D eigenvalue weighted by molar-refractivity contribution is 7.92. The molecule has 1 aliphatic heterocycles. The fourth-order valence-corrected chi connectivity index (χ4v) is 4.93. The summed E-state index contributed by atoms with van der Waals surface area (Å²) in [6.07, 6.45) is 1.29. The highest BCUT2D eigenvalue weighted by Gasteiger charge is 2.22. The molecule has 2 aromatic rings. The predicted octanol–water partition coefficient (Wildman–Crippen LogP) is 2.17. The number of rotatable bonds is 6. The van der Waals surface area contributed by atoms with Crippen molar-refractivity contribution in [3.8, 4) is 0 Å². The zero-order valence-corrected chi connectivity index (χ0v) is 17.0. The molecule has 1 heterocycles. The van der Waals surface area contributed by atoms with Gasteiger partial charge in [0.15, 0.2) is 0 Å². The van der Waals surface area contributed by atoms with E-state index in [2.05, 4.69) is 14.4 Å². The molecule has 0 fully saturated rings. The maximum Gasteiger partial charge on any atom is 0.273 e. The Balaban J connectivity index is 1.88. The Morgan fingerprint density at radius 3 is 2.34 bits per heavy atom. The van der Waals surface area contributed by atoms with E-state index >= 15 is 0 Å². The maximum absolute atomic E-state index is 12.6. The van der Waals surface area contributed by atoms with Gasteiger partial charge in [-0.2, -0.15) is 0 Å². The van der Waals surface area contributed by atoms with Crippen LogP contribution in [0.15, 0.2) is 57.2 Å². The Hall–Kier alpha value is -2.99. The minimum Gasteiger partial charge on any atom is -0.280 e. The smallest absolute Gasteiger partial charge is 0.273 e. The van der Waals surface area contributed by atoms with Crippen LogP contribution in [0.25, 0.3) is 0 Å². The normalized spacial score (nSPS) is 14.3. The number of hydrogen-bond acceptors (Lipinski definition) is 7. The van der Waals surface area contributed by atoms with Crippen LogP contribution >= 0.6 is 0 Å². The summed E-state index contributed by atoms with van der Waals surface area (Å²) in [5, 5.41) is 11.1. The van der Waals surface area contributed by atoms with E-state index in [4.69, 9.17) is 0 Å². The second kappa shape index (κ2) is 7.79. The van der Waals surface area contributed by atoms with Gasteiger partial charge < -0.3 is 0 Å². The average molecular weight is 438 g/mol. The van der Waals surface area contributed by atoms with Crippen molar-refractivity contribution in [1.82, 2.24) is 4.72 Å². The molecule has 12 heteroatoms. The molecule has 2 N–H and O–H groups in total. The van der Waals surface area contributed by atoms with Crippen molar-refractivity contribution in [2.75, 3.05) is 11.3 Å². The quantitative estimate of drug-likeness (QED) is 0.522. The first kappa shape index (κ1) is 20.7. The molecule has 0 saturated heterocycles.